The average molecular weight is 1120 g/mol. The number of aromatic nitrogens is 4. The minimum Gasteiger partial charge on any atom is -0.342 e. The Morgan fingerprint density at radius 3 is 1.74 bits per heavy atom. The van der Waals surface area contributed by atoms with Crippen LogP contribution in [0.25, 0.3) is 22.4 Å². The number of halogens is 6. The standard InChI is InChI=1S/C30H35F3N6O.C28H29F3N6O2.C2H6/c1-3-37-19-34-35-28(37)27(22-8-4-9-22)23-10-5-11-24(14-23)38-18-26-25(30(31,32)33)13-21(17-39(26)29(38)40)16-36-12-6-7-20(2)15-36;1-17(38)35-10-9-20(13-35)21-12-23(28(29,30)31)24-15-36(27(39)37(24)14-21)22-8-4-7-19(11-22)25(18-5-3-6-18)26-33-32-16-34(26)2;1-2/h5,10-11,13-14,17-20,22,27H,3-4,6-9,12,15-16H2,1-2H3;4,7-8,11-12,14-16,18,20,25H,3,5-6,9-10,13H2,1-2H3;1-2H3/q2*+1;/t20-,27+;20-,25-;/m01./s1. The number of piperidine rings is 1. The van der Waals surface area contributed by atoms with Gasteiger partial charge in [0.25, 0.3) is 0 Å². The molecule has 4 atom stereocenters. The van der Waals surface area contributed by atoms with Gasteiger partial charge >= 0.3 is 48.7 Å². The third kappa shape index (κ3) is 11.6. The van der Waals surface area contributed by atoms with E-state index in [1.165, 1.54) is 40.7 Å². The fraction of sp³-hybridized carbons (Fsp3) is 0.483. The third-order valence-electron chi connectivity index (χ3n) is 17.0. The molecule has 4 aliphatic heterocycles. The molecule has 0 unspecified atom stereocenters. The van der Waals surface area contributed by atoms with Gasteiger partial charge in [-0.05, 0) is 145 Å². The molecule has 2 aromatic carbocycles. The van der Waals surface area contributed by atoms with E-state index in [1.807, 2.05) is 73.4 Å². The van der Waals surface area contributed by atoms with Crippen LogP contribution in [-0.4, -0.2) is 95.2 Å². The van der Waals surface area contributed by atoms with Crippen LogP contribution in [0.15, 0.2) is 115 Å². The highest BCUT2D eigenvalue weighted by molar-refractivity contribution is 5.73. The van der Waals surface area contributed by atoms with Crippen molar-refractivity contribution in [3.63, 3.8) is 0 Å². The lowest BCUT2D eigenvalue weighted by Crippen LogP contribution is -2.34. The molecule has 6 aromatic rings. The number of likely N-dealkylation sites (tertiary alicyclic amines) is 2. The van der Waals surface area contributed by atoms with Gasteiger partial charge in [-0.1, -0.05) is 57.9 Å². The lowest BCUT2D eigenvalue weighted by atomic mass is 9.71. The summed E-state index contributed by atoms with van der Waals surface area (Å²) in [6.07, 6.45) is 10.8. The number of hydrogen-bond acceptors (Lipinski definition) is 8. The third-order valence-corrected chi connectivity index (χ3v) is 17.0. The van der Waals surface area contributed by atoms with Crippen LogP contribution >= 0.6 is 0 Å². The summed E-state index contributed by atoms with van der Waals surface area (Å²) >= 11 is 0. The molecule has 2 saturated carbocycles. The predicted molar refractivity (Wildman–Crippen MR) is 296 cm³/mol. The monoisotopic (exact) mass is 1120 g/mol. The molecule has 0 N–H and O–H groups in total. The van der Waals surface area contributed by atoms with Crippen LogP contribution in [0, 0.1) is 30.1 Å². The Bertz CT molecular complexity index is 3540. The number of pyridine rings is 2. The largest absolute Gasteiger partial charge is 0.418 e. The van der Waals surface area contributed by atoms with Crippen LogP contribution in [0.5, 0.6) is 0 Å². The van der Waals surface area contributed by atoms with E-state index in [9.17, 15) is 40.7 Å². The summed E-state index contributed by atoms with van der Waals surface area (Å²) in [5.74, 6) is 0.897. The number of imidazole rings is 2. The van der Waals surface area contributed by atoms with E-state index in [0.717, 1.165) is 109 Å². The normalized spacial score (nSPS) is 20.9. The van der Waals surface area contributed by atoms with Crippen molar-refractivity contribution in [1.29, 1.82) is 0 Å². The number of carbonyl (C=O) groups is 1. The van der Waals surface area contributed by atoms with E-state index in [0.29, 0.717) is 66.3 Å². The molecule has 428 valence electrons. The van der Waals surface area contributed by atoms with Crippen molar-refractivity contribution in [1.82, 2.24) is 27.7 Å². The molecule has 6 aliphatic rings. The SMILES string of the molecule is CC.CC(=O)N1CC[C@@H](c2cc(C(F)(F)F)c3cn(-c4cccc([C@H]([C]5N=NC=[N+]5C)C5CCC5)c4)c(=O)n3c2)C1.CC[N+]1=CN=N[C]1[C@@H](c1cccc(-n2cc3c(C(F)(F)F)cc(CN4CCC[C@H](C)C4)cn3c2=O)c1)C1CCC1. The fourth-order valence-corrected chi connectivity index (χ4v) is 12.5. The zero-order chi connectivity index (χ0) is 57.5. The molecular formula is C60H70F6N12O3+2. The first-order chi connectivity index (χ1) is 38.8. The van der Waals surface area contributed by atoms with Crippen LogP contribution < -0.4 is 11.4 Å². The highest BCUT2D eigenvalue weighted by Gasteiger charge is 2.45. The summed E-state index contributed by atoms with van der Waals surface area (Å²) in [4.78, 5) is 42.8. The molecule has 2 aliphatic carbocycles. The van der Waals surface area contributed by atoms with Crippen LogP contribution in [0.4, 0.5) is 26.3 Å². The number of likely N-dealkylation sites (N-methyl/N-ethyl adjacent to an activating group) is 2. The van der Waals surface area contributed by atoms with E-state index in [-0.39, 0.29) is 34.7 Å². The van der Waals surface area contributed by atoms with E-state index in [4.69, 9.17) is 0 Å². The zero-order valence-electron chi connectivity index (χ0n) is 46.7. The average Bonchev–Trinajstić information content (AvgIpc) is 4.36. The molecule has 12 rings (SSSR count). The number of fused-ring (bicyclic) bond motifs is 2. The minimum atomic E-state index is -4.65. The Morgan fingerprint density at radius 1 is 0.679 bits per heavy atom. The number of benzene rings is 2. The predicted octanol–water partition coefficient (Wildman–Crippen LogP) is 12.2. The topological polar surface area (TPSA) is 132 Å². The van der Waals surface area contributed by atoms with Crippen molar-refractivity contribution >= 4 is 29.6 Å². The van der Waals surface area contributed by atoms with Crippen molar-refractivity contribution in [2.24, 2.45) is 38.2 Å². The summed E-state index contributed by atoms with van der Waals surface area (Å²) in [5, 5.41) is 17.0. The van der Waals surface area contributed by atoms with E-state index >= 15 is 0 Å². The molecule has 1 amide bonds. The van der Waals surface area contributed by atoms with Crippen LogP contribution in [-0.2, 0) is 23.7 Å². The van der Waals surface area contributed by atoms with Gasteiger partial charge in [0.2, 0.25) is 5.91 Å². The number of carbonyl (C=O) groups excluding carboxylic acids is 1. The quantitative estimate of drug-likeness (QED) is 0.0891. The number of nitrogens with zero attached hydrogens (tertiary/aromatic N) is 12. The summed E-state index contributed by atoms with van der Waals surface area (Å²) in [6, 6.07) is 17.3. The maximum Gasteiger partial charge on any atom is 0.418 e. The molecule has 21 heteroatoms. The summed E-state index contributed by atoms with van der Waals surface area (Å²) in [7, 11) is 1.89. The van der Waals surface area contributed by atoms with Gasteiger partial charge in [-0.3, -0.25) is 27.6 Å². The Kier molecular flexibility index (Phi) is 16.6. The van der Waals surface area contributed by atoms with E-state index < -0.39 is 34.9 Å². The minimum absolute atomic E-state index is 0.00755. The molecule has 0 bridgehead atoms. The fourth-order valence-electron chi connectivity index (χ4n) is 12.5. The van der Waals surface area contributed by atoms with Crippen molar-refractivity contribution in [2.75, 3.05) is 39.8 Å². The molecule has 81 heavy (non-hydrogen) atoms. The number of alkyl halides is 6. The number of rotatable bonds is 12. The number of azo groups is 2. The zero-order valence-corrected chi connectivity index (χ0v) is 46.7. The van der Waals surface area contributed by atoms with Gasteiger partial charge in [0.15, 0.2) is 0 Å². The van der Waals surface area contributed by atoms with Gasteiger partial charge in [-0.15, -0.1) is 0 Å². The van der Waals surface area contributed by atoms with Gasteiger partial charge < -0.3 is 4.90 Å². The van der Waals surface area contributed by atoms with Crippen LogP contribution in [0.2, 0.25) is 0 Å². The maximum absolute atomic E-state index is 14.3. The van der Waals surface area contributed by atoms with E-state index in [2.05, 4.69) is 32.3 Å². The van der Waals surface area contributed by atoms with Crippen molar-refractivity contribution in [3.05, 3.63) is 152 Å². The highest BCUT2D eigenvalue weighted by atomic mass is 19.4. The summed E-state index contributed by atoms with van der Waals surface area (Å²) in [5.41, 5.74) is 0.787. The van der Waals surface area contributed by atoms with Crippen molar-refractivity contribution in [3.8, 4) is 11.4 Å². The lowest BCUT2D eigenvalue weighted by Gasteiger charge is -2.34. The van der Waals surface area contributed by atoms with Crippen molar-refractivity contribution in [2.45, 2.75) is 129 Å². The van der Waals surface area contributed by atoms with Gasteiger partial charge in [0.05, 0.1) is 69.2 Å². The molecule has 2 radical (unpaired) electrons. The molecular weight excluding hydrogens is 1050 g/mol. The van der Waals surface area contributed by atoms with Gasteiger partial charge in [-0.25, -0.2) is 18.7 Å². The second-order valence-corrected chi connectivity index (χ2v) is 22.3. The molecule has 0 spiro atoms. The first-order valence-corrected chi connectivity index (χ1v) is 28.4. The molecule has 4 fully saturated rings. The van der Waals surface area contributed by atoms with Crippen LogP contribution in [0.1, 0.15) is 144 Å². The van der Waals surface area contributed by atoms with Gasteiger partial charge in [-0.2, -0.15) is 26.3 Å². The second kappa shape index (κ2) is 23.4. The molecule has 8 heterocycles. The first-order valence-electron chi connectivity index (χ1n) is 28.4. The smallest absolute Gasteiger partial charge is 0.342 e. The molecule has 15 nitrogen and oxygen atoms in total. The molecule has 4 aromatic heterocycles. The van der Waals surface area contributed by atoms with Gasteiger partial charge in [0.1, 0.15) is 0 Å². The number of hydrogen-bond donors (Lipinski definition) is 0. The maximum atomic E-state index is 14.3. The summed E-state index contributed by atoms with van der Waals surface area (Å²) < 4.78 is 94.3. The van der Waals surface area contributed by atoms with E-state index in [1.54, 1.807) is 35.9 Å². The number of amides is 1. The first kappa shape index (κ1) is 57.2. The van der Waals surface area contributed by atoms with Crippen LogP contribution in [0.3, 0.4) is 0 Å². The lowest BCUT2D eigenvalue weighted by molar-refractivity contribution is -0.507. The Morgan fingerprint density at radius 2 is 1.23 bits per heavy atom. The summed E-state index contributed by atoms with van der Waals surface area (Å²) in [6.45, 7) is 13.3. The Hall–Kier alpha value is -7.03. The Labute approximate surface area is 466 Å². The Balaban J connectivity index is 0.000000177. The molecule has 2 saturated heterocycles. The highest BCUT2D eigenvalue weighted by Crippen LogP contribution is 2.48. The second-order valence-electron chi connectivity index (χ2n) is 22.3. The van der Waals surface area contributed by atoms with Crippen molar-refractivity contribution < 1.29 is 40.3 Å². The van der Waals surface area contributed by atoms with Gasteiger partial charge in [0, 0.05) is 63.8 Å².